The van der Waals surface area contributed by atoms with Gasteiger partial charge in [-0.05, 0) is 43.5 Å². The van der Waals surface area contributed by atoms with E-state index in [0.29, 0.717) is 18.7 Å². The molecule has 1 aliphatic rings. The number of imidazole rings is 1. The molecule has 4 rings (SSSR count). The van der Waals surface area contributed by atoms with E-state index < -0.39 is 10.0 Å². The number of rotatable bonds is 6. The van der Waals surface area contributed by atoms with Gasteiger partial charge in [0.05, 0.1) is 22.6 Å². The molecular formula is C22H28N4O3S. The summed E-state index contributed by atoms with van der Waals surface area (Å²) in [7, 11) is -0.557. The first-order valence-electron chi connectivity index (χ1n) is 10.3. The van der Waals surface area contributed by atoms with Gasteiger partial charge < -0.3 is 0 Å². The lowest BCUT2D eigenvalue weighted by molar-refractivity contribution is 0.201. The Hall–Kier alpha value is -2.42. The van der Waals surface area contributed by atoms with E-state index in [1.165, 1.54) is 24.0 Å². The van der Waals surface area contributed by atoms with Gasteiger partial charge in [0.25, 0.3) is 0 Å². The highest BCUT2D eigenvalue weighted by atomic mass is 32.2. The average Bonchev–Trinajstić information content (AvgIpc) is 3.31. The van der Waals surface area contributed by atoms with E-state index in [2.05, 4.69) is 17.0 Å². The van der Waals surface area contributed by atoms with Gasteiger partial charge in [0.1, 0.15) is 0 Å². The molecule has 7 nitrogen and oxygen atoms in total. The number of likely N-dealkylation sites (tertiary alicyclic amines) is 1. The Morgan fingerprint density at radius 2 is 1.77 bits per heavy atom. The summed E-state index contributed by atoms with van der Waals surface area (Å²) in [6.07, 6.45) is 2.12. The van der Waals surface area contributed by atoms with Crippen LogP contribution in [0.3, 0.4) is 0 Å². The molecule has 0 saturated carbocycles. The minimum atomic E-state index is -3.58. The number of aromatic nitrogens is 2. The standard InChI is InChI=1S/C22H28N4O3S/c1-4-25-20-13-12-18(30(28,29)23(2)3)15-21(20)26(22(25)27)16-24-14-8-11-19(24)17-9-6-5-7-10-17/h5-7,9-10,12-13,15,19H,4,8,11,14,16H2,1-3H3/t19-/m1/s1. The third-order valence-corrected chi connectivity index (χ3v) is 7.77. The highest BCUT2D eigenvalue weighted by molar-refractivity contribution is 7.89. The van der Waals surface area contributed by atoms with Crippen LogP contribution in [-0.4, -0.2) is 47.4 Å². The van der Waals surface area contributed by atoms with Crippen molar-refractivity contribution in [2.75, 3.05) is 20.6 Å². The summed E-state index contributed by atoms with van der Waals surface area (Å²) >= 11 is 0. The number of hydrogen-bond acceptors (Lipinski definition) is 4. The fraction of sp³-hybridized carbons (Fsp3) is 0.409. The Kier molecular flexibility index (Phi) is 5.57. The van der Waals surface area contributed by atoms with Gasteiger partial charge in [-0.3, -0.25) is 14.0 Å². The van der Waals surface area contributed by atoms with E-state index in [-0.39, 0.29) is 16.6 Å². The summed E-state index contributed by atoms with van der Waals surface area (Å²) in [4.78, 5) is 15.7. The fourth-order valence-corrected chi connectivity index (χ4v) is 5.26. The molecule has 0 spiro atoms. The van der Waals surface area contributed by atoms with Gasteiger partial charge in [-0.2, -0.15) is 0 Å². The number of fused-ring (bicyclic) bond motifs is 1. The number of aryl methyl sites for hydroxylation is 1. The van der Waals surface area contributed by atoms with Crippen LogP contribution in [0.5, 0.6) is 0 Å². The zero-order valence-corrected chi connectivity index (χ0v) is 18.5. The van der Waals surface area contributed by atoms with Crippen molar-refractivity contribution < 1.29 is 8.42 Å². The maximum atomic E-state index is 13.2. The molecule has 0 unspecified atom stereocenters. The van der Waals surface area contributed by atoms with Gasteiger partial charge in [0.2, 0.25) is 10.0 Å². The van der Waals surface area contributed by atoms with Crippen LogP contribution >= 0.6 is 0 Å². The number of nitrogens with zero attached hydrogens (tertiary/aromatic N) is 4. The molecule has 0 amide bonds. The summed E-state index contributed by atoms with van der Waals surface area (Å²) < 4.78 is 29.9. The smallest absolute Gasteiger partial charge is 0.292 e. The summed E-state index contributed by atoms with van der Waals surface area (Å²) in [5, 5.41) is 0. The molecule has 1 atom stereocenters. The van der Waals surface area contributed by atoms with Gasteiger partial charge in [0, 0.05) is 33.2 Å². The molecule has 160 valence electrons. The largest absolute Gasteiger partial charge is 0.330 e. The lowest BCUT2D eigenvalue weighted by atomic mass is 10.1. The molecule has 1 aromatic heterocycles. The maximum absolute atomic E-state index is 13.2. The molecule has 0 aliphatic carbocycles. The second-order valence-electron chi connectivity index (χ2n) is 7.92. The summed E-state index contributed by atoms with van der Waals surface area (Å²) in [6.45, 7) is 3.80. The van der Waals surface area contributed by atoms with E-state index in [0.717, 1.165) is 24.9 Å². The van der Waals surface area contributed by atoms with Gasteiger partial charge in [-0.25, -0.2) is 17.5 Å². The van der Waals surface area contributed by atoms with Crippen LogP contribution in [0.15, 0.2) is 58.2 Å². The molecule has 0 bridgehead atoms. The molecular weight excluding hydrogens is 400 g/mol. The molecule has 2 aromatic carbocycles. The zero-order valence-electron chi connectivity index (χ0n) is 17.7. The van der Waals surface area contributed by atoms with Crippen LogP contribution in [0.2, 0.25) is 0 Å². The number of hydrogen-bond donors (Lipinski definition) is 0. The van der Waals surface area contributed by atoms with Crippen LogP contribution in [-0.2, 0) is 23.2 Å². The molecule has 2 heterocycles. The molecule has 30 heavy (non-hydrogen) atoms. The minimum Gasteiger partial charge on any atom is -0.292 e. The van der Waals surface area contributed by atoms with Gasteiger partial charge in [-0.1, -0.05) is 30.3 Å². The van der Waals surface area contributed by atoms with Crippen molar-refractivity contribution in [3.8, 4) is 0 Å². The van der Waals surface area contributed by atoms with E-state index >= 15 is 0 Å². The first kappa shape index (κ1) is 20.8. The zero-order chi connectivity index (χ0) is 21.5. The van der Waals surface area contributed by atoms with Crippen molar-refractivity contribution in [2.45, 2.75) is 43.9 Å². The summed E-state index contributed by atoms with van der Waals surface area (Å²) in [5.74, 6) is 0. The summed E-state index contributed by atoms with van der Waals surface area (Å²) in [6, 6.07) is 15.6. The topological polar surface area (TPSA) is 67.5 Å². The second kappa shape index (κ2) is 8.02. The van der Waals surface area contributed by atoms with E-state index in [9.17, 15) is 13.2 Å². The van der Waals surface area contributed by atoms with Gasteiger partial charge in [0.15, 0.2) is 0 Å². The number of sulfonamides is 1. The lowest BCUT2D eigenvalue weighted by Crippen LogP contribution is -2.33. The number of benzene rings is 2. The van der Waals surface area contributed by atoms with Gasteiger partial charge in [-0.15, -0.1) is 0 Å². The van der Waals surface area contributed by atoms with E-state index in [1.54, 1.807) is 27.3 Å². The predicted molar refractivity (Wildman–Crippen MR) is 118 cm³/mol. The molecule has 8 heteroatoms. The summed E-state index contributed by atoms with van der Waals surface area (Å²) in [5.41, 5.74) is 2.56. The monoisotopic (exact) mass is 428 g/mol. The van der Waals surface area contributed by atoms with E-state index in [1.807, 2.05) is 25.1 Å². The third kappa shape index (κ3) is 3.49. The fourth-order valence-electron chi connectivity index (χ4n) is 4.34. The lowest BCUT2D eigenvalue weighted by Gasteiger charge is -2.25. The Balaban J connectivity index is 1.80. The Morgan fingerprint density at radius 3 is 2.43 bits per heavy atom. The van der Waals surface area contributed by atoms with Crippen LogP contribution in [0.25, 0.3) is 11.0 Å². The van der Waals surface area contributed by atoms with Crippen molar-refractivity contribution in [3.05, 3.63) is 64.6 Å². The second-order valence-corrected chi connectivity index (χ2v) is 10.1. The van der Waals surface area contributed by atoms with Crippen molar-refractivity contribution in [1.82, 2.24) is 18.3 Å². The Morgan fingerprint density at radius 1 is 1.03 bits per heavy atom. The first-order chi connectivity index (χ1) is 14.3. The highest BCUT2D eigenvalue weighted by Crippen LogP contribution is 2.32. The van der Waals surface area contributed by atoms with Crippen molar-refractivity contribution in [2.24, 2.45) is 0 Å². The molecule has 0 N–H and O–H groups in total. The average molecular weight is 429 g/mol. The quantitative estimate of drug-likeness (QED) is 0.606. The van der Waals surface area contributed by atoms with Crippen molar-refractivity contribution >= 4 is 21.1 Å². The normalized spacial score (nSPS) is 17.9. The van der Waals surface area contributed by atoms with Crippen LogP contribution < -0.4 is 5.69 Å². The molecule has 1 saturated heterocycles. The molecule has 1 fully saturated rings. The Bertz CT molecular complexity index is 1210. The van der Waals surface area contributed by atoms with Crippen molar-refractivity contribution in [3.63, 3.8) is 0 Å². The first-order valence-corrected chi connectivity index (χ1v) is 11.7. The van der Waals surface area contributed by atoms with Crippen LogP contribution in [0.1, 0.15) is 31.4 Å². The molecule has 0 radical (unpaired) electrons. The maximum Gasteiger partial charge on any atom is 0.330 e. The minimum absolute atomic E-state index is 0.106. The van der Waals surface area contributed by atoms with E-state index in [4.69, 9.17) is 0 Å². The van der Waals surface area contributed by atoms with Crippen molar-refractivity contribution in [1.29, 1.82) is 0 Å². The highest BCUT2D eigenvalue weighted by Gasteiger charge is 2.28. The van der Waals surface area contributed by atoms with Crippen LogP contribution in [0, 0.1) is 0 Å². The van der Waals surface area contributed by atoms with Gasteiger partial charge >= 0.3 is 5.69 Å². The molecule has 1 aliphatic heterocycles. The Labute approximate surface area is 177 Å². The predicted octanol–water partition coefficient (Wildman–Crippen LogP) is 2.87. The van der Waals surface area contributed by atoms with Crippen LogP contribution in [0.4, 0.5) is 0 Å². The SMILES string of the molecule is CCn1c(=O)n(CN2CCC[C@@H]2c2ccccc2)c2cc(S(=O)(=O)N(C)C)ccc21. The molecule has 3 aromatic rings. The third-order valence-electron chi connectivity index (χ3n) is 5.96.